The molecule has 0 unspecified atom stereocenters. The number of carboxylic acid groups (broad SMARTS) is 1. The highest BCUT2D eigenvalue weighted by Crippen LogP contribution is 2.42. The SMILES string of the molecule is O=C(O)C(F)(F)c1ccsc1C(F)(F)F. The minimum Gasteiger partial charge on any atom is -0.477 e. The van der Waals surface area contributed by atoms with E-state index in [1.807, 2.05) is 0 Å². The Morgan fingerprint density at radius 2 is 1.80 bits per heavy atom. The lowest BCUT2D eigenvalue weighted by molar-refractivity contribution is -0.168. The van der Waals surface area contributed by atoms with Crippen molar-refractivity contribution < 1.29 is 31.9 Å². The molecule has 0 saturated carbocycles. The van der Waals surface area contributed by atoms with Crippen molar-refractivity contribution in [2.24, 2.45) is 0 Å². The topological polar surface area (TPSA) is 37.3 Å². The second kappa shape index (κ2) is 3.44. The van der Waals surface area contributed by atoms with Crippen LogP contribution in [0.5, 0.6) is 0 Å². The number of alkyl halides is 5. The Morgan fingerprint density at radius 1 is 1.27 bits per heavy atom. The lowest BCUT2D eigenvalue weighted by Gasteiger charge is -2.13. The monoisotopic (exact) mass is 246 g/mol. The molecule has 1 rings (SSSR count). The van der Waals surface area contributed by atoms with Crippen molar-refractivity contribution in [3.8, 4) is 0 Å². The molecule has 0 atom stereocenters. The molecule has 0 spiro atoms. The van der Waals surface area contributed by atoms with E-state index in [4.69, 9.17) is 5.11 Å². The third kappa shape index (κ3) is 2.09. The third-order valence-electron chi connectivity index (χ3n) is 1.53. The maximum atomic E-state index is 12.8. The zero-order valence-electron chi connectivity index (χ0n) is 6.81. The van der Waals surface area contributed by atoms with Crippen molar-refractivity contribution in [1.29, 1.82) is 0 Å². The Labute approximate surface area is 84.0 Å². The minimum atomic E-state index is -4.97. The second-order valence-electron chi connectivity index (χ2n) is 2.54. The lowest BCUT2D eigenvalue weighted by atomic mass is 10.1. The first-order valence-corrected chi connectivity index (χ1v) is 4.31. The normalized spacial score (nSPS) is 12.9. The van der Waals surface area contributed by atoms with Gasteiger partial charge in [-0.2, -0.15) is 22.0 Å². The van der Waals surface area contributed by atoms with Gasteiger partial charge in [-0.25, -0.2) is 4.79 Å². The van der Waals surface area contributed by atoms with Crippen molar-refractivity contribution in [3.05, 3.63) is 21.9 Å². The van der Waals surface area contributed by atoms with Crippen LogP contribution in [0.2, 0.25) is 0 Å². The van der Waals surface area contributed by atoms with Crippen LogP contribution < -0.4 is 0 Å². The largest absolute Gasteiger partial charge is 0.477 e. The highest BCUT2D eigenvalue weighted by Gasteiger charge is 2.49. The molecule has 84 valence electrons. The molecule has 0 saturated heterocycles. The van der Waals surface area contributed by atoms with Gasteiger partial charge in [-0.3, -0.25) is 0 Å². The molecule has 0 aliphatic heterocycles. The van der Waals surface area contributed by atoms with E-state index in [-0.39, 0.29) is 11.3 Å². The molecule has 1 heterocycles. The van der Waals surface area contributed by atoms with Crippen molar-refractivity contribution >= 4 is 17.3 Å². The summed E-state index contributed by atoms with van der Waals surface area (Å²) in [5, 5.41) is 8.86. The first-order chi connectivity index (χ1) is 6.67. The summed E-state index contributed by atoms with van der Waals surface area (Å²) < 4.78 is 62.1. The highest BCUT2D eigenvalue weighted by atomic mass is 32.1. The van der Waals surface area contributed by atoms with Crippen molar-refractivity contribution in [3.63, 3.8) is 0 Å². The number of halogens is 5. The Kier molecular flexibility index (Phi) is 2.73. The molecular weight excluding hydrogens is 243 g/mol. The van der Waals surface area contributed by atoms with E-state index < -0.39 is 28.5 Å². The first-order valence-electron chi connectivity index (χ1n) is 3.43. The molecule has 0 fully saturated rings. The van der Waals surface area contributed by atoms with Gasteiger partial charge in [0, 0.05) is 0 Å². The Bertz CT molecular complexity index is 381. The molecule has 1 aromatic heterocycles. The van der Waals surface area contributed by atoms with E-state index in [2.05, 4.69) is 0 Å². The summed E-state index contributed by atoms with van der Waals surface area (Å²) in [7, 11) is 0. The quantitative estimate of drug-likeness (QED) is 0.814. The molecular formula is C7H3F5O2S. The summed E-state index contributed by atoms with van der Waals surface area (Å²) in [4.78, 5) is 8.50. The van der Waals surface area contributed by atoms with Gasteiger partial charge < -0.3 is 5.11 Å². The molecule has 1 aromatic rings. The predicted molar refractivity (Wildman–Crippen MR) is 40.9 cm³/mol. The third-order valence-corrected chi connectivity index (χ3v) is 2.49. The number of aliphatic carboxylic acids is 1. The number of hydrogen-bond acceptors (Lipinski definition) is 2. The fourth-order valence-corrected chi connectivity index (χ4v) is 1.69. The molecule has 0 aliphatic carbocycles. The van der Waals surface area contributed by atoms with Crippen molar-refractivity contribution in [1.82, 2.24) is 0 Å². The minimum absolute atomic E-state index is 0.0324. The molecule has 0 bridgehead atoms. The van der Waals surface area contributed by atoms with E-state index in [9.17, 15) is 26.7 Å². The van der Waals surface area contributed by atoms with Gasteiger partial charge in [0.2, 0.25) is 0 Å². The van der Waals surface area contributed by atoms with Crippen molar-refractivity contribution in [2.45, 2.75) is 12.1 Å². The summed E-state index contributed by atoms with van der Waals surface area (Å²) in [5.74, 6) is -7.13. The van der Waals surface area contributed by atoms with Crippen LogP contribution in [-0.4, -0.2) is 11.1 Å². The van der Waals surface area contributed by atoms with Crippen LogP contribution in [-0.2, 0) is 16.9 Å². The first kappa shape index (κ1) is 11.9. The predicted octanol–water partition coefficient (Wildman–Crippen LogP) is 2.94. The van der Waals surface area contributed by atoms with Gasteiger partial charge in [-0.05, 0) is 11.4 Å². The van der Waals surface area contributed by atoms with Gasteiger partial charge in [0.25, 0.3) is 0 Å². The Balaban J connectivity index is 3.28. The fraction of sp³-hybridized carbons (Fsp3) is 0.286. The van der Waals surface area contributed by atoms with Gasteiger partial charge in [0.15, 0.2) is 0 Å². The zero-order chi connectivity index (χ0) is 11.9. The number of hydrogen-bond donors (Lipinski definition) is 1. The number of rotatable bonds is 2. The molecule has 8 heteroatoms. The molecule has 15 heavy (non-hydrogen) atoms. The summed E-state index contributed by atoms with van der Waals surface area (Å²) in [6, 6.07) is 0.460. The standard InChI is InChI=1S/C7H3F5O2S/c8-6(9,5(13)14)3-1-2-15-4(3)7(10,11)12/h1-2H,(H,13,14). The lowest BCUT2D eigenvalue weighted by Crippen LogP contribution is -2.27. The highest BCUT2D eigenvalue weighted by molar-refractivity contribution is 7.10. The van der Waals surface area contributed by atoms with Crippen LogP contribution >= 0.6 is 11.3 Å². The molecule has 2 nitrogen and oxygen atoms in total. The van der Waals surface area contributed by atoms with Crippen molar-refractivity contribution in [2.75, 3.05) is 0 Å². The van der Waals surface area contributed by atoms with Crippen LogP contribution in [0.3, 0.4) is 0 Å². The molecule has 0 radical (unpaired) electrons. The number of carboxylic acids is 1. The van der Waals surface area contributed by atoms with E-state index in [0.29, 0.717) is 6.07 Å². The van der Waals surface area contributed by atoms with Crippen LogP contribution in [0.25, 0.3) is 0 Å². The summed E-state index contributed by atoms with van der Waals surface area (Å²) in [6.07, 6.45) is -4.97. The van der Waals surface area contributed by atoms with E-state index in [1.165, 1.54) is 0 Å². The van der Waals surface area contributed by atoms with Crippen LogP contribution in [0, 0.1) is 0 Å². The van der Waals surface area contributed by atoms with E-state index in [1.54, 1.807) is 0 Å². The van der Waals surface area contributed by atoms with Gasteiger partial charge >= 0.3 is 18.1 Å². The fourth-order valence-electron chi connectivity index (χ4n) is 0.891. The van der Waals surface area contributed by atoms with Gasteiger partial charge in [0.1, 0.15) is 4.88 Å². The number of thiophene rings is 1. The summed E-state index contributed by atoms with van der Waals surface area (Å²) in [5.41, 5.74) is -1.52. The second-order valence-corrected chi connectivity index (χ2v) is 3.46. The van der Waals surface area contributed by atoms with Gasteiger partial charge in [0.05, 0.1) is 5.56 Å². The van der Waals surface area contributed by atoms with E-state index >= 15 is 0 Å². The summed E-state index contributed by atoms with van der Waals surface area (Å²) in [6.45, 7) is 0. The maximum absolute atomic E-state index is 12.8. The zero-order valence-corrected chi connectivity index (χ0v) is 7.62. The maximum Gasteiger partial charge on any atom is 0.426 e. The van der Waals surface area contributed by atoms with E-state index in [0.717, 1.165) is 5.38 Å². The molecule has 0 amide bonds. The smallest absolute Gasteiger partial charge is 0.426 e. The molecule has 0 aliphatic rings. The van der Waals surface area contributed by atoms with Crippen LogP contribution in [0.1, 0.15) is 10.4 Å². The average Bonchev–Trinajstić information content (AvgIpc) is 2.49. The number of carbonyl (C=O) groups is 1. The Hall–Kier alpha value is -1.18. The van der Waals surface area contributed by atoms with Gasteiger partial charge in [-0.1, -0.05) is 0 Å². The summed E-state index contributed by atoms with van der Waals surface area (Å²) >= 11 is 0.0324. The average molecular weight is 246 g/mol. The van der Waals surface area contributed by atoms with Gasteiger partial charge in [-0.15, -0.1) is 11.3 Å². The molecule has 0 aromatic carbocycles. The van der Waals surface area contributed by atoms with Crippen LogP contribution in [0.4, 0.5) is 22.0 Å². The molecule has 1 N–H and O–H groups in total. The Morgan fingerprint density at radius 3 is 2.20 bits per heavy atom. The van der Waals surface area contributed by atoms with Crippen LogP contribution in [0.15, 0.2) is 11.4 Å².